The fourth-order valence-electron chi connectivity index (χ4n) is 1.00. The number of nitrogen functional groups attached to an aromatic ring is 1. The Morgan fingerprint density at radius 1 is 1.46 bits per heavy atom. The van der Waals surface area contributed by atoms with Crippen molar-refractivity contribution in [2.75, 3.05) is 5.73 Å². The van der Waals surface area contributed by atoms with Crippen LogP contribution in [-0.4, -0.2) is 15.1 Å². The number of aryl methyl sites for hydroxylation is 1. The molecule has 0 fully saturated rings. The fourth-order valence-corrected chi connectivity index (χ4v) is 1.00. The van der Waals surface area contributed by atoms with Crippen LogP contribution in [-0.2, 0) is 0 Å². The minimum absolute atomic E-state index is 0.444. The van der Waals surface area contributed by atoms with Crippen molar-refractivity contribution >= 4 is 5.82 Å². The average molecular weight is 176 g/mol. The molecule has 0 aliphatic heterocycles. The monoisotopic (exact) mass is 176 g/mol. The highest BCUT2D eigenvalue weighted by atomic mass is 16.5. The molecule has 5 nitrogen and oxygen atoms in total. The van der Waals surface area contributed by atoms with Crippen LogP contribution in [0.4, 0.5) is 5.82 Å². The van der Waals surface area contributed by atoms with Gasteiger partial charge in [-0.25, -0.2) is 4.98 Å². The number of hydrogen-bond donors (Lipinski definition) is 1. The number of pyridine rings is 1. The minimum atomic E-state index is 0.444. The summed E-state index contributed by atoms with van der Waals surface area (Å²) in [5.74, 6) is 1.51. The molecule has 0 saturated heterocycles. The van der Waals surface area contributed by atoms with Crippen LogP contribution >= 0.6 is 0 Å². The van der Waals surface area contributed by atoms with Gasteiger partial charge in [0, 0.05) is 18.7 Å². The molecule has 0 saturated carbocycles. The zero-order valence-corrected chi connectivity index (χ0v) is 7.06. The van der Waals surface area contributed by atoms with E-state index in [2.05, 4.69) is 15.1 Å². The van der Waals surface area contributed by atoms with Crippen LogP contribution in [0.2, 0.25) is 0 Å². The molecule has 2 aromatic heterocycles. The lowest BCUT2D eigenvalue weighted by atomic mass is 10.2. The molecule has 0 aliphatic carbocycles. The number of nitrogens with zero attached hydrogens (tertiary/aromatic N) is 3. The molecule has 0 amide bonds. The third-order valence-electron chi connectivity index (χ3n) is 1.57. The van der Waals surface area contributed by atoms with E-state index in [0.717, 1.165) is 5.56 Å². The lowest BCUT2D eigenvalue weighted by Crippen LogP contribution is -1.90. The van der Waals surface area contributed by atoms with E-state index in [9.17, 15) is 0 Å². The molecule has 2 N–H and O–H groups in total. The summed E-state index contributed by atoms with van der Waals surface area (Å²) in [5, 5.41) is 3.76. The van der Waals surface area contributed by atoms with E-state index < -0.39 is 0 Å². The van der Waals surface area contributed by atoms with E-state index in [4.69, 9.17) is 10.3 Å². The van der Waals surface area contributed by atoms with E-state index >= 15 is 0 Å². The van der Waals surface area contributed by atoms with Gasteiger partial charge in [0.15, 0.2) is 0 Å². The van der Waals surface area contributed by atoms with Crippen molar-refractivity contribution in [3.63, 3.8) is 0 Å². The standard InChI is InChI=1S/C8H8N4O/c1-5-11-8(12-13-5)6-2-3-10-7(9)4-6/h2-4H,1H3,(H2,9,10). The molecule has 0 bridgehead atoms. The van der Waals surface area contributed by atoms with Crippen LogP contribution in [0.25, 0.3) is 11.4 Å². The number of nitrogens with two attached hydrogens (primary N) is 1. The summed E-state index contributed by atoms with van der Waals surface area (Å²) in [6.45, 7) is 1.74. The lowest BCUT2D eigenvalue weighted by Gasteiger charge is -1.94. The molecule has 2 rings (SSSR count). The highest BCUT2D eigenvalue weighted by Gasteiger charge is 2.05. The van der Waals surface area contributed by atoms with Crippen molar-refractivity contribution in [3.05, 3.63) is 24.2 Å². The quantitative estimate of drug-likeness (QED) is 0.701. The van der Waals surface area contributed by atoms with Crippen LogP contribution in [0.15, 0.2) is 22.9 Å². The topological polar surface area (TPSA) is 77.8 Å². The van der Waals surface area contributed by atoms with Crippen LogP contribution in [0, 0.1) is 6.92 Å². The molecule has 0 aromatic carbocycles. The van der Waals surface area contributed by atoms with E-state index in [1.165, 1.54) is 0 Å². The van der Waals surface area contributed by atoms with Gasteiger partial charge < -0.3 is 10.3 Å². The van der Waals surface area contributed by atoms with Gasteiger partial charge in [-0.1, -0.05) is 5.16 Å². The predicted molar refractivity (Wildman–Crippen MR) is 46.7 cm³/mol. The molecule has 0 aliphatic rings. The highest BCUT2D eigenvalue weighted by Crippen LogP contribution is 2.15. The van der Waals surface area contributed by atoms with Crippen molar-refractivity contribution in [1.82, 2.24) is 15.1 Å². The fraction of sp³-hybridized carbons (Fsp3) is 0.125. The Bertz CT molecular complexity index is 424. The summed E-state index contributed by atoms with van der Waals surface area (Å²) in [6, 6.07) is 3.48. The molecule has 0 spiro atoms. The third kappa shape index (κ3) is 1.48. The SMILES string of the molecule is Cc1nc(-c2ccnc(N)c2)no1. The van der Waals surface area contributed by atoms with Crippen molar-refractivity contribution < 1.29 is 4.52 Å². The Kier molecular flexibility index (Phi) is 1.70. The number of aromatic nitrogens is 3. The highest BCUT2D eigenvalue weighted by molar-refractivity contribution is 5.57. The van der Waals surface area contributed by atoms with E-state index in [-0.39, 0.29) is 0 Å². The normalized spacial score (nSPS) is 10.2. The summed E-state index contributed by atoms with van der Waals surface area (Å²) in [7, 11) is 0. The second-order valence-corrected chi connectivity index (χ2v) is 2.61. The first kappa shape index (κ1) is 7.72. The summed E-state index contributed by atoms with van der Waals surface area (Å²) >= 11 is 0. The van der Waals surface area contributed by atoms with Crippen molar-refractivity contribution in [3.8, 4) is 11.4 Å². The maximum Gasteiger partial charge on any atom is 0.223 e. The molecule has 66 valence electrons. The second-order valence-electron chi connectivity index (χ2n) is 2.61. The smallest absolute Gasteiger partial charge is 0.223 e. The third-order valence-corrected chi connectivity index (χ3v) is 1.57. The van der Waals surface area contributed by atoms with Crippen LogP contribution in [0.3, 0.4) is 0 Å². The van der Waals surface area contributed by atoms with Crippen LogP contribution in [0.5, 0.6) is 0 Å². The number of hydrogen-bond acceptors (Lipinski definition) is 5. The first-order valence-electron chi connectivity index (χ1n) is 3.78. The zero-order chi connectivity index (χ0) is 9.26. The maximum absolute atomic E-state index is 5.51. The second kappa shape index (κ2) is 2.85. The van der Waals surface area contributed by atoms with Crippen molar-refractivity contribution in [2.24, 2.45) is 0 Å². The Morgan fingerprint density at radius 2 is 2.31 bits per heavy atom. The first-order valence-corrected chi connectivity index (χ1v) is 3.78. The van der Waals surface area contributed by atoms with Crippen LogP contribution in [0.1, 0.15) is 5.89 Å². The number of rotatable bonds is 1. The molecule has 0 atom stereocenters. The van der Waals surface area contributed by atoms with Gasteiger partial charge in [0.05, 0.1) is 0 Å². The Hall–Kier alpha value is -1.91. The van der Waals surface area contributed by atoms with Crippen LogP contribution < -0.4 is 5.73 Å². The van der Waals surface area contributed by atoms with Crippen molar-refractivity contribution in [2.45, 2.75) is 6.92 Å². The molecule has 2 aromatic rings. The Balaban J connectivity index is 2.46. The molecule has 13 heavy (non-hydrogen) atoms. The maximum atomic E-state index is 5.51. The van der Waals surface area contributed by atoms with Gasteiger partial charge in [0.25, 0.3) is 0 Å². The Labute approximate surface area is 74.6 Å². The van der Waals surface area contributed by atoms with Gasteiger partial charge in [0.2, 0.25) is 11.7 Å². The van der Waals surface area contributed by atoms with Gasteiger partial charge in [-0.05, 0) is 12.1 Å². The lowest BCUT2D eigenvalue weighted by molar-refractivity contribution is 0.394. The predicted octanol–water partition coefficient (Wildman–Crippen LogP) is 1.02. The molecular formula is C8H8N4O. The van der Waals surface area contributed by atoms with Gasteiger partial charge in [-0.2, -0.15) is 4.98 Å². The molecule has 2 heterocycles. The summed E-state index contributed by atoms with van der Waals surface area (Å²) in [5.41, 5.74) is 6.32. The van der Waals surface area contributed by atoms with Gasteiger partial charge in [0.1, 0.15) is 5.82 Å². The summed E-state index contributed by atoms with van der Waals surface area (Å²) in [4.78, 5) is 7.92. The Morgan fingerprint density at radius 3 is 2.92 bits per heavy atom. The average Bonchev–Trinajstić information content (AvgIpc) is 2.52. The van der Waals surface area contributed by atoms with E-state index in [1.54, 1.807) is 25.3 Å². The summed E-state index contributed by atoms with van der Waals surface area (Å²) in [6.07, 6.45) is 1.61. The van der Waals surface area contributed by atoms with E-state index in [0.29, 0.717) is 17.5 Å². The minimum Gasteiger partial charge on any atom is -0.384 e. The largest absolute Gasteiger partial charge is 0.384 e. The van der Waals surface area contributed by atoms with E-state index in [1.807, 2.05) is 0 Å². The zero-order valence-electron chi connectivity index (χ0n) is 7.06. The molecule has 0 unspecified atom stereocenters. The summed E-state index contributed by atoms with van der Waals surface area (Å²) < 4.78 is 4.84. The first-order chi connectivity index (χ1) is 6.25. The van der Waals surface area contributed by atoms with Gasteiger partial charge >= 0.3 is 0 Å². The van der Waals surface area contributed by atoms with Gasteiger partial charge in [-0.3, -0.25) is 0 Å². The molecule has 5 heteroatoms. The number of anilines is 1. The molecule has 0 radical (unpaired) electrons. The molecular weight excluding hydrogens is 168 g/mol. The van der Waals surface area contributed by atoms with Gasteiger partial charge in [-0.15, -0.1) is 0 Å². The van der Waals surface area contributed by atoms with Crippen molar-refractivity contribution in [1.29, 1.82) is 0 Å².